The van der Waals surface area contributed by atoms with Crippen LogP contribution in [0.1, 0.15) is 29.2 Å². The number of aryl methyl sites for hydroxylation is 1. The van der Waals surface area contributed by atoms with Gasteiger partial charge in [-0.25, -0.2) is 4.99 Å². The maximum atomic E-state index is 13.7. The molecule has 1 amide bonds. The number of nitrogens with two attached hydrogens (primary N) is 1. The van der Waals surface area contributed by atoms with Crippen LogP contribution in [0.4, 0.5) is 5.69 Å². The van der Waals surface area contributed by atoms with Gasteiger partial charge in [0, 0.05) is 18.5 Å². The van der Waals surface area contributed by atoms with Crippen LogP contribution in [0, 0.1) is 6.92 Å². The molecule has 1 atom stereocenters. The molecule has 0 aliphatic heterocycles. The van der Waals surface area contributed by atoms with E-state index in [1.165, 1.54) is 5.56 Å². The third-order valence-corrected chi connectivity index (χ3v) is 7.49. The van der Waals surface area contributed by atoms with Gasteiger partial charge in [-0.1, -0.05) is 72.3 Å². The summed E-state index contributed by atoms with van der Waals surface area (Å²) in [5.41, 5.74) is 12.0. The minimum absolute atomic E-state index is 0.00627. The number of para-hydroxylation sites is 1. The second-order valence-corrected chi connectivity index (χ2v) is 10.4. The molecule has 7 heteroatoms. The van der Waals surface area contributed by atoms with E-state index in [1.807, 2.05) is 54.6 Å². The van der Waals surface area contributed by atoms with Crippen molar-refractivity contribution in [2.24, 2.45) is 10.7 Å². The lowest BCUT2D eigenvalue weighted by molar-refractivity contribution is -0.124. The van der Waals surface area contributed by atoms with Crippen molar-refractivity contribution in [1.82, 2.24) is 9.88 Å². The highest BCUT2D eigenvalue weighted by molar-refractivity contribution is 7.98. The molecule has 4 aromatic rings. The molecule has 0 aliphatic rings. The minimum Gasteiger partial charge on any atom is -0.350 e. The highest BCUT2D eigenvalue weighted by Crippen LogP contribution is 2.27. The van der Waals surface area contributed by atoms with Crippen molar-refractivity contribution >= 4 is 34.7 Å². The van der Waals surface area contributed by atoms with Crippen molar-refractivity contribution < 1.29 is 4.79 Å². The highest BCUT2D eigenvalue weighted by atomic mass is 32.2. The normalized spacial score (nSPS) is 12.5. The van der Waals surface area contributed by atoms with Crippen LogP contribution in [0.25, 0.3) is 11.3 Å². The van der Waals surface area contributed by atoms with E-state index in [9.17, 15) is 4.79 Å². The summed E-state index contributed by atoms with van der Waals surface area (Å²) in [6.45, 7) is 3.05. The Bertz CT molecular complexity index is 1330. The highest BCUT2D eigenvalue weighted by Gasteiger charge is 2.24. The van der Waals surface area contributed by atoms with E-state index in [0.717, 1.165) is 38.6 Å². The number of carbonyl (C=O) groups is 1. The van der Waals surface area contributed by atoms with Crippen LogP contribution < -0.4 is 15.9 Å². The topological polar surface area (TPSA) is 72.4 Å². The van der Waals surface area contributed by atoms with Gasteiger partial charge >= 0.3 is 0 Å². The Morgan fingerprint density at radius 3 is 2.39 bits per heavy atom. The van der Waals surface area contributed by atoms with Crippen LogP contribution in [0.3, 0.4) is 0 Å². The fraction of sp³-hybridized carbons (Fsp3) is 0.241. The maximum absolute atomic E-state index is 13.7. The van der Waals surface area contributed by atoms with E-state index in [4.69, 9.17) is 10.7 Å². The number of amides is 1. The van der Waals surface area contributed by atoms with Crippen molar-refractivity contribution in [2.75, 3.05) is 12.0 Å². The molecule has 186 valence electrons. The molecule has 0 saturated carbocycles. The molecule has 3 N–H and O–H groups in total. The zero-order valence-electron chi connectivity index (χ0n) is 20.7. The average Bonchev–Trinajstić information content (AvgIpc) is 3.32. The lowest BCUT2D eigenvalue weighted by Crippen LogP contribution is -2.36. The Morgan fingerprint density at radius 2 is 1.72 bits per heavy atom. The number of thioether (sulfide) groups is 1. The van der Waals surface area contributed by atoms with Gasteiger partial charge in [-0.3, -0.25) is 4.79 Å². The predicted octanol–water partition coefficient (Wildman–Crippen LogP) is 5.83. The van der Waals surface area contributed by atoms with Gasteiger partial charge < -0.3 is 15.6 Å². The minimum atomic E-state index is -0.384. The van der Waals surface area contributed by atoms with E-state index in [1.54, 1.807) is 23.1 Å². The Hall–Kier alpha value is -3.13. The average molecular weight is 517 g/mol. The quantitative estimate of drug-likeness (QED) is 0.279. The number of benzene rings is 3. The molecule has 0 fully saturated rings. The van der Waals surface area contributed by atoms with E-state index in [0.29, 0.717) is 19.5 Å². The number of nitrogens with one attached hydrogen (secondary N) is 1. The standard InChI is InChI=1S/C29H32N4OS2/c1-21-8-14-24(15-9-21)27-20-36-29(32-25-6-4-3-5-7-25)33(27)26(16-17-35-2)28(34)31-19-23-12-10-22(18-30)11-13-23/h3-15,20,26H,16-19,30H2,1-2H3,(H,31,34)/t26-/m0/s1. The van der Waals surface area contributed by atoms with Gasteiger partial charge in [0.2, 0.25) is 5.91 Å². The zero-order chi connectivity index (χ0) is 25.3. The third kappa shape index (κ3) is 6.55. The summed E-state index contributed by atoms with van der Waals surface area (Å²) in [6.07, 6.45) is 2.78. The van der Waals surface area contributed by atoms with Crippen LogP contribution >= 0.6 is 23.1 Å². The van der Waals surface area contributed by atoms with Crippen molar-refractivity contribution in [1.29, 1.82) is 0 Å². The number of thiazole rings is 1. The van der Waals surface area contributed by atoms with Crippen LogP contribution in [-0.2, 0) is 17.9 Å². The van der Waals surface area contributed by atoms with Crippen molar-refractivity contribution in [3.05, 3.63) is 106 Å². The zero-order valence-corrected chi connectivity index (χ0v) is 22.3. The van der Waals surface area contributed by atoms with Gasteiger partial charge in [0.05, 0.1) is 11.4 Å². The number of carbonyl (C=O) groups excluding carboxylic acids is 1. The van der Waals surface area contributed by atoms with Gasteiger partial charge in [0.1, 0.15) is 6.04 Å². The lowest BCUT2D eigenvalue weighted by atomic mass is 10.1. The molecular formula is C29H32N4OS2. The summed E-state index contributed by atoms with van der Waals surface area (Å²) in [5, 5.41) is 5.28. The smallest absolute Gasteiger partial charge is 0.243 e. The largest absolute Gasteiger partial charge is 0.350 e. The Kier molecular flexibility index (Phi) is 9.17. The van der Waals surface area contributed by atoms with Crippen molar-refractivity contribution in [3.8, 4) is 11.3 Å². The maximum Gasteiger partial charge on any atom is 0.243 e. The lowest BCUT2D eigenvalue weighted by Gasteiger charge is -2.21. The number of hydrogen-bond acceptors (Lipinski definition) is 5. The molecule has 0 bridgehead atoms. The molecule has 0 aliphatic carbocycles. The molecule has 0 radical (unpaired) electrons. The van der Waals surface area contributed by atoms with Crippen LogP contribution in [0.5, 0.6) is 0 Å². The molecule has 1 aromatic heterocycles. The molecule has 1 heterocycles. The molecule has 3 aromatic carbocycles. The second kappa shape index (κ2) is 12.7. The summed E-state index contributed by atoms with van der Waals surface area (Å²) in [7, 11) is 0. The van der Waals surface area contributed by atoms with E-state index >= 15 is 0 Å². The Morgan fingerprint density at radius 1 is 1.03 bits per heavy atom. The first-order valence-corrected chi connectivity index (χ1v) is 14.3. The second-order valence-electron chi connectivity index (χ2n) is 8.62. The summed E-state index contributed by atoms with van der Waals surface area (Å²) >= 11 is 3.31. The van der Waals surface area contributed by atoms with E-state index in [-0.39, 0.29) is 11.9 Å². The summed E-state index contributed by atoms with van der Waals surface area (Å²) in [4.78, 5) is 19.4. The van der Waals surface area contributed by atoms with E-state index in [2.05, 4.69) is 52.7 Å². The molecule has 5 nitrogen and oxygen atoms in total. The van der Waals surface area contributed by atoms with Crippen molar-refractivity contribution in [3.63, 3.8) is 0 Å². The van der Waals surface area contributed by atoms with Crippen LogP contribution in [-0.4, -0.2) is 22.5 Å². The van der Waals surface area contributed by atoms with Gasteiger partial charge in [0.25, 0.3) is 0 Å². The number of nitrogens with zero attached hydrogens (tertiary/aromatic N) is 2. The first-order valence-electron chi connectivity index (χ1n) is 12.0. The Balaban J connectivity index is 1.73. The fourth-order valence-corrected chi connectivity index (χ4v) is 5.38. The van der Waals surface area contributed by atoms with E-state index < -0.39 is 0 Å². The Labute approximate surface area is 221 Å². The molecular weight excluding hydrogens is 484 g/mol. The van der Waals surface area contributed by atoms with Gasteiger partial charge in [-0.2, -0.15) is 11.8 Å². The molecule has 0 saturated heterocycles. The molecule has 0 spiro atoms. The number of hydrogen-bond donors (Lipinski definition) is 2. The predicted molar refractivity (Wildman–Crippen MR) is 152 cm³/mol. The number of rotatable bonds is 10. The van der Waals surface area contributed by atoms with Gasteiger partial charge in [0.15, 0.2) is 4.80 Å². The monoisotopic (exact) mass is 516 g/mol. The first-order chi connectivity index (χ1) is 17.6. The summed E-state index contributed by atoms with van der Waals surface area (Å²) in [6, 6.07) is 26.0. The van der Waals surface area contributed by atoms with Gasteiger partial charge in [-0.05, 0) is 54.2 Å². The number of aromatic nitrogens is 1. The first kappa shape index (κ1) is 25.9. The van der Waals surface area contributed by atoms with Crippen molar-refractivity contribution in [2.45, 2.75) is 32.5 Å². The molecule has 36 heavy (non-hydrogen) atoms. The van der Waals surface area contributed by atoms with Gasteiger partial charge in [-0.15, -0.1) is 11.3 Å². The fourth-order valence-electron chi connectivity index (χ4n) is 3.96. The SMILES string of the molecule is CSCC[C@@H](C(=O)NCc1ccc(CN)cc1)n1c(-c2ccc(C)cc2)csc1=Nc1ccccc1. The summed E-state index contributed by atoms with van der Waals surface area (Å²) in [5.74, 6) is 0.859. The molecule has 4 rings (SSSR count). The summed E-state index contributed by atoms with van der Waals surface area (Å²) < 4.78 is 2.12. The third-order valence-electron chi connectivity index (χ3n) is 6.01. The van der Waals surface area contributed by atoms with Crippen LogP contribution in [0.2, 0.25) is 0 Å². The van der Waals surface area contributed by atoms with Crippen LogP contribution in [0.15, 0.2) is 89.2 Å². The molecule has 0 unspecified atom stereocenters.